The number of hydrogen-bond acceptors (Lipinski definition) is 4. The fraction of sp³-hybridized carbons (Fsp3) is 0.467. The van der Waals surface area contributed by atoms with E-state index in [0.29, 0.717) is 18.0 Å². The molecule has 2 amide bonds. The van der Waals surface area contributed by atoms with Crippen LogP contribution in [0.4, 0.5) is 5.69 Å². The Morgan fingerprint density at radius 3 is 2.38 bits per heavy atom. The zero-order valence-corrected chi connectivity index (χ0v) is 12.6. The van der Waals surface area contributed by atoms with E-state index in [1.165, 1.54) is 0 Å². The second kappa shape index (κ2) is 7.64. The summed E-state index contributed by atoms with van der Waals surface area (Å²) in [5, 5.41) is 2.77. The summed E-state index contributed by atoms with van der Waals surface area (Å²) >= 11 is 0. The molecule has 0 fully saturated rings. The maximum Gasteiger partial charge on any atom is 0.256 e. The molecule has 6 nitrogen and oxygen atoms in total. The molecule has 0 aliphatic rings. The summed E-state index contributed by atoms with van der Waals surface area (Å²) in [7, 11) is 0. The van der Waals surface area contributed by atoms with E-state index in [4.69, 9.17) is 15.2 Å². The summed E-state index contributed by atoms with van der Waals surface area (Å²) in [5.74, 6) is -0.253. The van der Waals surface area contributed by atoms with Gasteiger partial charge in [-0.1, -0.05) is 6.92 Å². The van der Waals surface area contributed by atoms with Crippen molar-refractivity contribution in [1.29, 1.82) is 0 Å². The SMILES string of the molecule is CCCOC(C)(C)C(=O)Nc1ccc(OCC(N)=O)cc1. The van der Waals surface area contributed by atoms with Crippen LogP contribution in [0.5, 0.6) is 5.75 Å². The van der Waals surface area contributed by atoms with E-state index < -0.39 is 11.5 Å². The van der Waals surface area contributed by atoms with Gasteiger partial charge in [-0.2, -0.15) is 0 Å². The van der Waals surface area contributed by atoms with E-state index in [1.807, 2.05) is 6.92 Å². The van der Waals surface area contributed by atoms with Crippen LogP contribution >= 0.6 is 0 Å². The minimum absolute atomic E-state index is 0.177. The number of carbonyl (C=O) groups excluding carboxylic acids is 2. The van der Waals surface area contributed by atoms with E-state index >= 15 is 0 Å². The lowest BCUT2D eigenvalue weighted by atomic mass is 10.1. The molecule has 1 rings (SSSR count). The van der Waals surface area contributed by atoms with Gasteiger partial charge in [-0.05, 0) is 44.5 Å². The van der Waals surface area contributed by atoms with Crippen LogP contribution in [-0.4, -0.2) is 30.6 Å². The largest absolute Gasteiger partial charge is 0.484 e. The predicted molar refractivity (Wildman–Crippen MR) is 80.1 cm³/mol. The van der Waals surface area contributed by atoms with E-state index in [-0.39, 0.29) is 12.5 Å². The second-order valence-corrected chi connectivity index (χ2v) is 5.09. The molecule has 3 N–H and O–H groups in total. The highest BCUT2D eigenvalue weighted by Gasteiger charge is 2.28. The Balaban J connectivity index is 2.58. The number of hydrogen-bond donors (Lipinski definition) is 2. The van der Waals surface area contributed by atoms with Crippen molar-refractivity contribution in [1.82, 2.24) is 0 Å². The highest BCUT2D eigenvalue weighted by molar-refractivity contribution is 5.96. The summed E-state index contributed by atoms with van der Waals surface area (Å²) < 4.78 is 10.6. The minimum Gasteiger partial charge on any atom is -0.484 e. The second-order valence-electron chi connectivity index (χ2n) is 5.09. The van der Waals surface area contributed by atoms with Gasteiger partial charge in [-0.25, -0.2) is 0 Å². The lowest BCUT2D eigenvalue weighted by molar-refractivity contribution is -0.137. The van der Waals surface area contributed by atoms with E-state index in [9.17, 15) is 9.59 Å². The summed E-state index contributed by atoms with van der Waals surface area (Å²) in [6, 6.07) is 6.67. The van der Waals surface area contributed by atoms with Gasteiger partial charge in [0.1, 0.15) is 11.4 Å². The first-order chi connectivity index (χ1) is 9.85. The number of ether oxygens (including phenoxy) is 2. The molecule has 0 aromatic heterocycles. The van der Waals surface area contributed by atoms with Gasteiger partial charge in [0.05, 0.1) is 0 Å². The van der Waals surface area contributed by atoms with Crippen LogP contribution in [0.1, 0.15) is 27.2 Å². The van der Waals surface area contributed by atoms with Crippen molar-refractivity contribution >= 4 is 17.5 Å². The van der Waals surface area contributed by atoms with Gasteiger partial charge in [0.15, 0.2) is 6.61 Å². The van der Waals surface area contributed by atoms with Gasteiger partial charge in [0.25, 0.3) is 11.8 Å². The molecule has 0 heterocycles. The molecule has 0 saturated heterocycles. The number of nitrogens with one attached hydrogen (secondary N) is 1. The van der Waals surface area contributed by atoms with Crippen LogP contribution in [0.3, 0.4) is 0 Å². The van der Waals surface area contributed by atoms with Crippen LogP contribution in [0, 0.1) is 0 Å². The molecular weight excluding hydrogens is 272 g/mol. The maximum atomic E-state index is 12.1. The van der Waals surface area contributed by atoms with Crippen molar-refractivity contribution in [3.63, 3.8) is 0 Å². The molecule has 0 aliphatic heterocycles. The Morgan fingerprint density at radius 2 is 1.86 bits per heavy atom. The van der Waals surface area contributed by atoms with E-state index in [0.717, 1.165) is 6.42 Å². The van der Waals surface area contributed by atoms with Crippen LogP contribution < -0.4 is 15.8 Å². The third kappa shape index (κ3) is 5.83. The lowest BCUT2D eigenvalue weighted by Gasteiger charge is -2.24. The normalized spacial score (nSPS) is 11.0. The van der Waals surface area contributed by atoms with Crippen molar-refractivity contribution < 1.29 is 19.1 Å². The number of rotatable bonds is 8. The molecule has 6 heteroatoms. The van der Waals surface area contributed by atoms with Crippen molar-refractivity contribution in [2.24, 2.45) is 5.73 Å². The van der Waals surface area contributed by atoms with E-state index in [2.05, 4.69) is 5.32 Å². The average molecular weight is 294 g/mol. The molecule has 0 unspecified atom stereocenters. The fourth-order valence-corrected chi connectivity index (χ4v) is 1.49. The summed E-state index contributed by atoms with van der Waals surface area (Å²) in [6.45, 7) is 5.79. The summed E-state index contributed by atoms with van der Waals surface area (Å²) in [4.78, 5) is 22.7. The number of carbonyl (C=O) groups is 2. The van der Waals surface area contributed by atoms with Crippen LogP contribution in [0.15, 0.2) is 24.3 Å². The monoisotopic (exact) mass is 294 g/mol. The van der Waals surface area contributed by atoms with Crippen LogP contribution in [0.2, 0.25) is 0 Å². The van der Waals surface area contributed by atoms with Gasteiger partial charge in [-0.15, -0.1) is 0 Å². The number of amides is 2. The topological polar surface area (TPSA) is 90.7 Å². The number of benzene rings is 1. The van der Waals surface area contributed by atoms with Gasteiger partial charge in [0.2, 0.25) is 0 Å². The van der Waals surface area contributed by atoms with Crippen molar-refractivity contribution in [3.05, 3.63) is 24.3 Å². The first-order valence-corrected chi connectivity index (χ1v) is 6.81. The molecule has 1 aromatic rings. The Bertz CT molecular complexity index is 483. The smallest absolute Gasteiger partial charge is 0.256 e. The van der Waals surface area contributed by atoms with Crippen molar-refractivity contribution in [2.75, 3.05) is 18.5 Å². The summed E-state index contributed by atoms with van der Waals surface area (Å²) in [5.41, 5.74) is 4.72. The molecule has 0 bridgehead atoms. The molecule has 0 radical (unpaired) electrons. The molecule has 21 heavy (non-hydrogen) atoms. The minimum atomic E-state index is -0.892. The molecule has 0 aliphatic carbocycles. The number of primary amides is 1. The van der Waals surface area contributed by atoms with E-state index in [1.54, 1.807) is 38.1 Å². The molecule has 0 atom stereocenters. The van der Waals surface area contributed by atoms with Crippen molar-refractivity contribution in [2.45, 2.75) is 32.8 Å². The number of nitrogens with two attached hydrogens (primary N) is 1. The Labute approximate surface area is 124 Å². The summed E-state index contributed by atoms with van der Waals surface area (Å²) in [6.07, 6.45) is 0.850. The van der Waals surface area contributed by atoms with Gasteiger partial charge in [-0.3, -0.25) is 9.59 Å². The Morgan fingerprint density at radius 1 is 1.24 bits per heavy atom. The molecule has 116 valence electrons. The Kier molecular flexibility index (Phi) is 6.17. The third-order valence-electron chi connectivity index (χ3n) is 2.71. The quantitative estimate of drug-likeness (QED) is 0.763. The molecule has 0 saturated carbocycles. The van der Waals surface area contributed by atoms with Crippen LogP contribution in [0.25, 0.3) is 0 Å². The van der Waals surface area contributed by atoms with Gasteiger partial charge < -0.3 is 20.5 Å². The van der Waals surface area contributed by atoms with Gasteiger partial charge >= 0.3 is 0 Å². The molecular formula is C15H22N2O4. The standard InChI is InChI=1S/C15H22N2O4/c1-4-9-21-15(2,3)14(19)17-11-5-7-12(8-6-11)20-10-13(16)18/h5-8H,4,9-10H2,1-3H3,(H2,16,18)(H,17,19). The predicted octanol–water partition coefficient (Wildman–Crippen LogP) is 1.69. The van der Waals surface area contributed by atoms with Crippen molar-refractivity contribution in [3.8, 4) is 5.75 Å². The van der Waals surface area contributed by atoms with Gasteiger partial charge in [0, 0.05) is 12.3 Å². The zero-order valence-electron chi connectivity index (χ0n) is 12.6. The molecule has 0 spiro atoms. The Hall–Kier alpha value is -2.08. The molecule has 1 aromatic carbocycles. The third-order valence-corrected chi connectivity index (χ3v) is 2.71. The first kappa shape index (κ1) is 17.0. The zero-order chi connectivity index (χ0) is 15.9. The first-order valence-electron chi connectivity index (χ1n) is 6.81. The highest BCUT2D eigenvalue weighted by atomic mass is 16.5. The maximum absolute atomic E-state index is 12.1. The lowest BCUT2D eigenvalue weighted by Crippen LogP contribution is -2.40. The average Bonchev–Trinajstić information content (AvgIpc) is 2.44. The fourth-order valence-electron chi connectivity index (χ4n) is 1.49. The van der Waals surface area contributed by atoms with Crippen LogP contribution in [-0.2, 0) is 14.3 Å². The number of anilines is 1. The highest BCUT2D eigenvalue weighted by Crippen LogP contribution is 2.18.